The molecule has 0 spiro atoms. The second kappa shape index (κ2) is 9.52. The molecule has 0 saturated carbocycles. The number of nitrogens with zero attached hydrogens (tertiary/aromatic N) is 2. The Bertz CT molecular complexity index is 1360. The van der Waals surface area contributed by atoms with E-state index in [0.29, 0.717) is 28.4 Å². The molecule has 1 N–H and O–H groups in total. The van der Waals surface area contributed by atoms with Crippen LogP contribution in [-0.4, -0.2) is 15.7 Å². The fourth-order valence-electron chi connectivity index (χ4n) is 3.46. The molecule has 0 saturated heterocycles. The number of nitrogens with one attached hydrogen (secondary N) is 1. The smallest absolute Gasteiger partial charge is 0.348 e. The number of carbonyl (C=O) groups is 1. The van der Waals surface area contributed by atoms with E-state index in [0.717, 1.165) is 21.9 Å². The standard InChI is InChI=1S/C25H18Cl2F3N3O.H2/c1-15-12-19(26)11-10-18(15)14-31-24(34)17-8-6-16(7-9-17)22-13-23(25(28,29)30)32-33(22)21-5-3-2-4-20(21)27;/h2-13H,14H2,1H3,(H,31,34);1H. The van der Waals surface area contributed by atoms with Crippen LogP contribution < -0.4 is 5.32 Å². The van der Waals surface area contributed by atoms with Crippen molar-refractivity contribution in [2.45, 2.75) is 19.6 Å². The molecular formula is C25H20Cl2F3N3O. The summed E-state index contributed by atoms with van der Waals surface area (Å²) >= 11 is 12.2. The van der Waals surface area contributed by atoms with Gasteiger partial charge in [0, 0.05) is 24.1 Å². The second-order valence-corrected chi connectivity index (χ2v) is 8.45. The van der Waals surface area contributed by atoms with Crippen LogP contribution in [0.25, 0.3) is 16.9 Å². The molecule has 1 heterocycles. The van der Waals surface area contributed by atoms with E-state index >= 15 is 0 Å². The normalized spacial score (nSPS) is 11.5. The average Bonchev–Trinajstić information content (AvgIpc) is 3.24. The highest BCUT2D eigenvalue weighted by molar-refractivity contribution is 6.32. The molecule has 0 aliphatic heterocycles. The number of rotatable bonds is 5. The summed E-state index contributed by atoms with van der Waals surface area (Å²) in [5, 5.41) is 7.46. The van der Waals surface area contributed by atoms with E-state index in [9.17, 15) is 18.0 Å². The Morgan fingerprint density at radius 2 is 1.74 bits per heavy atom. The first-order valence-corrected chi connectivity index (χ1v) is 10.9. The number of amides is 1. The van der Waals surface area contributed by atoms with Crippen LogP contribution >= 0.6 is 23.2 Å². The van der Waals surface area contributed by atoms with E-state index in [1.54, 1.807) is 54.6 Å². The number of carbonyl (C=O) groups excluding carboxylic acids is 1. The number of para-hydroxylation sites is 1. The van der Waals surface area contributed by atoms with Crippen molar-refractivity contribution < 1.29 is 19.4 Å². The maximum Gasteiger partial charge on any atom is 0.435 e. The Labute approximate surface area is 205 Å². The molecule has 176 valence electrons. The molecule has 0 bridgehead atoms. The number of hydrogen-bond acceptors (Lipinski definition) is 2. The Morgan fingerprint density at radius 3 is 2.38 bits per heavy atom. The van der Waals surface area contributed by atoms with Crippen molar-refractivity contribution in [1.82, 2.24) is 15.1 Å². The van der Waals surface area contributed by atoms with Crippen molar-refractivity contribution in [3.8, 4) is 16.9 Å². The number of benzene rings is 3. The highest BCUT2D eigenvalue weighted by Gasteiger charge is 2.35. The quantitative estimate of drug-likeness (QED) is 0.308. The van der Waals surface area contributed by atoms with Gasteiger partial charge < -0.3 is 5.32 Å². The number of hydrogen-bond donors (Lipinski definition) is 1. The van der Waals surface area contributed by atoms with E-state index in [-0.39, 0.29) is 18.1 Å². The second-order valence-electron chi connectivity index (χ2n) is 7.61. The van der Waals surface area contributed by atoms with Crippen molar-refractivity contribution in [2.75, 3.05) is 0 Å². The van der Waals surface area contributed by atoms with Gasteiger partial charge in [0.1, 0.15) is 0 Å². The first kappa shape index (κ1) is 23.9. The van der Waals surface area contributed by atoms with Gasteiger partial charge in [-0.15, -0.1) is 0 Å². The molecule has 4 aromatic rings. The average molecular weight is 506 g/mol. The maximum absolute atomic E-state index is 13.4. The zero-order valence-corrected chi connectivity index (χ0v) is 19.3. The molecule has 4 nitrogen and oxygen atoms in total. The summed E-state index contributed by atoms with van der Waals surface area (Å²) in [5.74, 6) is -0.309. The minimum atomic E-state index is -4.62. The molecule has 0 atom stereocenters. The summed E-state index contributed by atoms with van der Waals surface area (Å²) in [6, 6.07) is 19.1. The van der Waals surface area contributed by atoms with Crippen LogP contribution in [-0.2, 0) is 12.7 Å². The van der Waals surface area contributed by atoms with Gasteiger partial charge in [-0.3, -0.25) is 4.79 Å². The predicted octanol–water partition coefficient (Wildman–Crippen LogP) is 7.35. The number of aryl methyl sites for hydroxylation is 1. The lowest BCUT2D eigenvalue weighted by atomic mass is 10.1. The van der Waals surface area contributed by atoms with Crippen LogP contribution in [0.4, 0.5) is 13.2 Å². The molecule has 34 heavy (non-hydrogen) atoms. The third kappa shape index (κ3) is 5.11. The van der Waals surface area contributed by atoms with Gasteiger partial charge in [0.05, 0.1) is 16.4 Å². The summed E-state index contributed by atoms with van der Waals surface area (Å²) in [6.45, 7) is 2.22. The SMILES string of the molecule is Cc1cc(Cl)ccc1CNC(=O)c1ccc(-c2cc(C(F)(F)F)nn2-c2ccccc2Cl)cc1.[HH]. The zero-order chi connectivity index (χ0) is 24.5. The molecule has 9 heteroatoms. The highest BCUT2D eigenvalue weighted by Crippen LogP contribution is 2.34. The van der Waals surface area contributed by atoms with Gasteiger partial charge in [-0.05, 0) is 60.5 Å². The topological polar surface area (TPSA) is 46.9 Å². The number of halogens is 5. The summed E-state index contributed by atoms with van der Waals surface area (Å²) in [5.41, 5.74) is 2.18. The highest BCUT2D eigenvalue weighted by atomic mass is 35.5. The van der Waals surface area contributed by atoms with Gasteiger partial charge in [0.15, 0.2) is 5.69 Å². The lowest BCUT2D eigenvalue weighted by Gasteiger charge is -2.11. The molecule has 3 aromatic carbocycles. The Morgan fingerprint density at radius 1 is 1.03 bits per heavy atom. The predicted molar refractivity (Wildman–Crippen MR) is 128 cm³/mol. The van der Waals surface area contributed by atoms with Crippen molar-refractivity contribution in [1.29, 1.82) is 0 Å². The third-order valence-corrected chi connectivity index (χ3v) is 5.82. The first-order chi connectivity index (χ1) is 16.1. The van der Waals surface area contributed by atoms with E-state index in [1.807, 2.05) is 19.1 Å². The van der Waals surface area contributed by atoms with Crippen LogP contribution in [0.15, 0.2) is 72.8 Å². The van der Waals surface area contributed by atoms with Crippen LogP contribution in [0.5, 0.6) is 0 Å². The summed E-state index contributed by atoms with van der Waals surface area (Å²) in [4.78, 5) is 12.6. The van der Waals surface area contributed by atoms with E-state index < -0.39 is 11.9 Å². The number of alkyl halides is 3. The summed E-state index contributed by atoms with van der Waals surface area (Å²) in [6.07, 6.45) is -4.62. The van der Waals surface area contributed by atoms with Crippen molar-refractivity contribution in [2.24, 2.45) is 0 Å². The molecule has 0 fully saturated rings. The molecule has 1 amide bonds. The fourth-order valence-corrected chi connectivity index (χ4v) is 3.90. The van der Waals surface area contributed by atoms with E-state index in [1.165, 1.54) is 0 Å². The van der Waals surface area contributed by atoms with Crippen LogP contribution in [0.3, 0.4) is 0 Å². The first-order valence-electron chi connectivity index (χ1n) is 10.2. The van der Waals surface area contributed by atoms with Gasteiger partial charge in [0.2, 0.25) is 0 Å². The molecule has 4 rings (SSSR count). The summed E-state index contributed by atoms with van der Waals surface area (Å²) < 4.78 is 41.3. The maximum atomic E-state index is 13.4. The lowest BCUT2D eigenvalue weighted by molar-refractivity contribution is -0.141. The number of aromatic nitrogens is 2. The van der Waals surface area contributed by atoms with Crippen LogP contribution in [0.1, 0.15) is 28.6 Å². The van der Waals surface area contributed by atoms with Crippen molar-refractivity contribution >= 4 is 29.1 Å². The van der Waals surface area contributed by atoms with Gasteiger partial charge in [-0.25, -0.2) is 4.68 Å². The largest absolute Gasteiger partial charge is 0.435 e. The molecule has 0 aliphatic carbocycles. The Hall–Kier alpha value is -3.29. The molecule has 1 aromatic heterocycles. The fraction of sp³-hybridized carbons (Fsp3) is 0.120. The van der Waals surface area contributed by atoms with E-state index in [2.05, 4.69) is 10.4 Å². The van der Waals surface area contributed by atoms with Crippen molar-refractivity contribution in [3.05, 3.63) is 105 Å². The van der Waals surface area contributed by atoms with Crippen LogP contribution in [0, 0.1) is 6.92 Å². The Balaban J connectivity index is 0.00000342. The minimum Gasteiger partial charge on any atom is -0.348 e. The molecule has 0 aliphatic rings. The van der Waals surface area contributed by atoms with Crippen molar-refractivity contribution in [3.63, 3.8) is 0 Å². The van der Waals surface area contributed by atoms with Gasteiger partial charge >= 0.3 is 6.18 Å². The van der Waals surface area contributed by atoms with E-state index in [4.69, 9.17) is 23.2 Å². The molecular weight excluding hydrogens is 486 g/mol. The minimum absolute atomic E-state index is 0. The summed E-state index contributed by atoms with van der Waals surface area (Å²) in [7, 11) is 0. The lowest BCUT2D eigenvalue weighted by Crippen LogP contribution is -2.23. The molecule has 0 radical (unpaired) electrons. The van der Waals surface area contributed by atoms with Crippen LogP contribution in [0.2, 0.25) is 10.0 Å². The third-order valence-electron chi connectivity index (χ3n) is 5.27. The van der Waals surface area contributed by atoms with Gasteiger partial charge in [-0.1, -0.05) is 53.5 Å². The van der Waals surface area contributed by atoms with Gasteiger partial charge in [-0.2, -0.15) is 18.3 Å². The van der Waals surface area contributed by atoms with Gasteiger partial charge in [0.25, 0.3) is 5.91 Å². The monoisotopic (exact) mass is 505 g/mol. The molecule has 0 unspecified atom stereocenters. The Kier molecular flexibility index (Phi) is 6.68. The zero-order valence-electron chi connectivity index (χ0n) is 17.8.